The van der Waals surface area contributed by atoms with Gasteiger partial charge in [-0.25, -0.2) is 9.78 Å². The number of carboxylic acid groups (broad SMARTS) is 1. The van der Waals surface area contributed by atoms with Crippen LogP contribution in [0.5, 0.6) is 0 Å². The molecular weight excluding hydrogens is 258 g/mol. The highest BCUT2D eigenvalue weighted by Crippen LogP contribution is 2.34. The molecule has 0 spiro atoms. The number of amides is 1. The Hall–Kier alpha value is -1.85. The van der Waals surface area contributed by atoms with Crippen LogP contribution in [0, 0.1) is 0 Å². The summed E-state index contributed by atoms with van der Waals surface area (Å²) < 4.78 is 1.83. The number of aryl methyl sites for hydroxylation is 1. The molecule has 1 amide bonds. The number of aliphatic carboxylic acids is 1. The van der Waals surface area contributed by atoms with Crippen molar-refractivity contribution in [1.29, 1.82) is 0 Å². The van der Waals surface area contributed by atoms with Crippen LogP contribution in [0.1, 0.15) is 39.0 Å². The molecule has 1 N–H and O–H groups in total. The molecule has 1 aliphatic rings. The third-order valence-corrected chi connectivity index (χ3v) is 3.99. The van der Waals surface area contributed by atoms with Gasteiger partial charge in [0.25, 0.3) is 0 Å². The number of hydrogen-bond donors (Lipinski definition) is 1. The smallest absolute Gasteiger partial charge is 0.329 e. The van der Waals surface area contributed by atoms with Crippen molar-refractivity contribution >= 4 is 11.9 Å². The molecule has 110 valence electrons. The van der Waals surface area contributed by atoms with E-state index in [0.29, 0.717) is 32.4 Å². The van der Waals surface area contributed by atoms with E-state index in [-0.39, 0.29) is 5.91 Å². The summed E-state index contributed by atoms with van der Waals surface area (Å²) in [5.74, 6) is -0.945. The summed E-state index contributed by atoms with van der Waals surface area (Å²) in [7, 11) is 0. The third kappa shape index (κ3) is 2.69. The maximum atomic E-state index is 12.4. The molecular formula is C14H21N3O3. The van der Waals surface area contributed by atoms with E-state index in [1.54, 1.807) is 23.6 Å². The van der Waals surface area contributed by atoms with Gasteiger partial charge in [0.2, 0.25) is 5.91 Å². The van der Waals surface area contributed by atoms with Gasteiger partial charge < -0.3 is 14.6 Å². The summed E-state index contributed by atoms with van der Waals surface area (Å²) in [5, 5.41) is 9.56. The van der Waals surface area contributed by atoms with Crippen molar-refractivity contribution in [1.82, 2.24) is 14.5 Å². The Labute approximate surface area is 118 Å². The molecule has 6 nitrogen and oxygen atoms in total. The predicted molar refractivity (Wildman–Crippen MR) is 73.1 cm³/mol. The van der Waals surface area contributed by atoms with Crippen LogP contribution in [0.25, 0.3) is 0 Å². The minimum Gasteiger partial charge on any atom is -0.479 e. The Morgan fingerprint density at radius 3 is 2.85 bits per heavy atom. The zero-order chi connectivity index (χ0) is 14.6. The first-order chi connectivity index (χ1) is 9.60. The van der Waals surface area contributed by atoms with Gasteiger partial charge >= 0.3 is 5.97 Å². The molecule has 0 bridgehead atoms. The van der Waals surface area contributed by atoms with Gasteiger partial charge in [0, 0.05) is 31.9 Å². The SMILES string of the molecule is CCCC1(C(=O)O)CCCN1C(=O)CCn1ccnc1. The van der Waals surface area contributed by atoms with Crippen molar-refractivity contribution in [2.75, 3.05) is 6.54 Å². The number of nitrogens with zero attached hydrogens (tertiary/aromatic N) is 3. The summed E-state index contributed by atoms with van der Waals surface area (Å²) >= 11 is 0. The fourth-order valence-electron chi connectivity index (χ4n) is 3.02. The van der Waals surface area contributed by atoms with E-state index in [1.165, 1.54) is 0 Å². The van der Waals surface area contributed by atoms with Crippen LogP contribution in [0.4, 0.5) is 0 Å². The highest BCUT2D eigenvalue weighted by molar-refractivity contribution is 5.87. The van der Waals surface area contributed by atoms with Crippen molar-refractivity contribution in [3.8, 4) is 0 Å². The lowest BCUT2D eigenvalue weighted by molar-refractivity contribution is -0.157. The molecule has 1 aliphatic heterocycles. The van der Waals surface area contributed by atoms with E-state index in [4.69, 9.17) is 0 Å². The van der Waals surface area contributed by atoms with E-state index in [1.807, 2.05) is 11.5 Å². The molecule has 20 heavy (non-hydrogen) atoms. The monoisotopic (exact) mass is 279 g/mol. The third-order valence-electron chi connectivity index (χ3n) is 3.99. The zero-order valence-electron chi connectivity index (χ0n) is 11.8. The van der Waals surface area contributed by atoms with Crippen LogP contribution >= 0.6 is 0 Å². The fraction of sp³-hybridized carbons (Fsp3) is 0.643. The lowest BCUT2D eigenvalue weighted by Gasteiger charge is -2.34. The van der Waals surface area contributed by atoms with Gasteiger partial charge in [0.1, 0.15) is 5.54 Å². The number of rotatable bonds is 6. The molecule has 1 unspecified atom stereocenters. The van der Waals surface area contributed by atoms with Crippen molar-refractivity contribution < 1.29 is 14.7 Å². The van der Waals surface area contributed by atoms with Gasteiger partial charge in [0.05, 0.1) is 6.33 Å². The highest BCUT2D eigenvalue weighted by atomic mass is 16.4. The second kappa shape index (κ2) is 6.07. The molecule has 1 aromatic rings. The van der Waals surface area contributed by atoms with E-state index in [9.17, 15) is 14.7 Å². The summed E-state index contributed by atoms with van der Waals surface area (Å²) in [6.45, 7) is 3.05. The molecule has 1 fully saturated rings. The molecule has 0 saturated carbocycles. The van der Waals surface area contributed by atoms with E-state index in [2.05, 4.69) is 4.98 Å². The van der Waals surface area contributed by atoms with Crippen molar-refractivity contribution in [3.05, 3.63) is 18.7 Å². The zero-order valence-corrected chi connectivity index (χ0v) is 11.8. The maximum Gasteiger partial charge on any atom is 0.329 e. The Bertz CT molecular complexity index is 472. The number of imidazole rings is 1. The molecule has 6 heteroatoms. The van der Waals surface area contributed by atoms with Crippen LogP contribution in [-0.4, -0.2) is 43.5 Å². The molecule has 2 rings (SSSR count). The number of carbonyl (C=O) groups is 2. The first-order valence-corrected chi connectivity index (χ1v) is 7.10. The minimum atomic E-state index is -0.985. The maximum absolute atomic E-state index is 12.4. The van der Waals surface area contributed by atoms with Crippen LogP contribution in [0.3, 0.4) is 0 Å². The molecule has 0 radical (unpaired) electrons. The molecule has 1 saturated heterocycles. The Balaban J connectivity index is 2.05. The standard InChI is InChI=1S/C14H21N3O3/c1-2-5-14(13(19)20)6-3-8-17(14)12(18)4-9-16-10-7-15-11-16/h7,10-11H,2-6,8-9H2,1H3,(H,19,20). The average Bonchev–Trinajstić information content (AvgIpc) is 3.06. The fourth-order valence-corrected chi connectivity index (χ4v) is 3.02. The van der Waals surface area contributed by atoms with Crippen molar-refractivity contribution in [2.45, 2.75) is 51.1 Å². The van der Waals surface area contributed by atoms with Gasteiger partial charge in [-0.2, -0.15) is 0 Å². The van der Waals surface area contributed by atoms with Crippen LogP contribution in [-0.2, 0) is 16.1 Å². The van der Waals surface area contributed by atoms with Gasteiger partial charge in [-0.3, -0.25) is 4.79 Å². The Morgan fingerprint density at radius 2 is 2.25 bits per heavy atom. The lowest BCUT2D eigenvalue weighted by Crippen LogP contribution is -2.53. The summed E-state index contributed by atoms with van der Waals surface area (Å²) in [6, 6.07) is 0. The largest absolute Gasteiger partial charge is 0.479 e. The number of aromatic nitrogens is 2. The van der Waals surface area contributed by atoms with Gasteiger partial charge in [-0.1, -0.05) is 13.3 Å². The van der Waals surface area contributed by atoms with E-state index < -0.39 is 11.5 Å². The van der Waals surface area contributed by atoms with Crippen LogP contribution in [0.2, 0.25) is 0 Å². The van der Waals surface area contributed by atoms with Crippen molar-refractivity contribution in [2.24, 2.45) is 0 Å². The number of likely N-dealkylation sites (tertiary alicyclic amines) is 1. The van der Waals surface area contributed by atoms with Gasteiger partial charge in [-0.15, -0.1) is 0 Å². The predicted octanol–water partition coefficient (Wildman–Crippen LogP) is 1.52. The molecule has 1 atom stereocenters. The normalized spacial score (nSPS) is 22.1. The number of carbonyl (C=O) groups excluding carboxylic acids is 1. The molecule has 2 heterocycles. The lowest BCUT2D eigenvalue weighted by atomic mass is 9.90. The number of carboxylic acids is 1. The second-order valence-electron chi connectivity index (χ2n) is 5.29. The molecule has 1 aromatic heterocycles. The quantitative estimate of drug-likeness (QED) is 0.856. The van der Waals surface area contributed by atoms with E-state index >= 15 is 0 Å². The highest BCUT2D eigenvalue weighted by Gasteiger charge is 2.48. The van der Waals surface area contributed by atoms with E-state index in [0.717, 1.165) is 12.8 Å². The first-order valence-electron chi connectivity index (χ1n) is 7.10. The van der Waals surface area contributed by atoms with Crippen molar-refractivity contribution in [3.63, 3.8) is 0 Å². The summed E-state index contributed by atoms with van der Waals surface area (Å²) in [5.41, 5.74) is -0.985. The number of hydrogen-bond acceptors (Lipinski definition) is 3. The minimum absolute atomic E-state index is 0.0768. The molecule has 0 aliphatic carbocycles. The Kier molecular flexibility index (Phi) is 4.42. The van der Waals surface area contributed by atoms with Gasteiger partial charge in [-0.05, 0) is 19.3 Å². The topological polar surface area (TPSA) is 75.4 Å². The first kappa shape index (κ1) is 14.6. The second-order valence-corrected chi connectivity index (χ2v) is 5.29. The average molecular weight is 279 g/mol. The van der Waals surface area contributed by atoms with Crippen LogP contribution < -0.4 is 0 Å². The van der Waals surface area contributed by atoms with Crippen LogP contribution in [0.15, 0.2) is 18.7 Å². The summed E-state index contributed by atoms with van der Waals surface area (Å²) in [4.78, 5) is 29.5. The summed E-state index contributed by atoms with van der Waals surface area (Å²) in [6.07, 6.45) is 8.06. The molecule has 0 aromatic carbocycles. The Morgan fingerprint density at radius 1 is 1.45 bits per heavy atom. The van der Waals surface area contributed by atoms with Gasteiger partial charge in [0.15, 0.2) is 0 Å².